The number of nitrogens with zero attached hydrogens (tertiary/aromatic N) is 2. The molecule has 0 aliphatic carbocycles. The normalized spacial score (nSPS) is 11.5. The van der Waals surface area contributed by atoms with Crippen molar-refractivity contribution in [2.24, 2.45) is 0 Å². The number of alkyl halides is 3. The highest BCUT2D eigenvalue weighted by atomic mass is 35.5. The number of methoxy groups -OCH3 is 1. The van der Waals surface area contributed by atoms with E-state index >= 15 is 0 Å². The zero-order valence-electron chi connectivity index (χ0n) is 16.5. The van der Waals surface area contributed by atoms with Crippen molar-refractivity contribution in [1.82, 2.24) is 9.78 Å². The molecule has 4 rings (SSSR count). The summed E-state index contributed by atoms with van der Waals surface area (Å²) in [7, 11) is 1.26. The molecule has 0 N–H and O–H groups in total. The number of para-hydroxylation sites is 1. The maximum atomic E-state index is 13.5. The highest BCUT2D eigenvalue weighted by molar-refractivity contribution is 6.34. The van der Waals surface area contributed by atoms with Crippen molar-refractivity contribution in [3.05, 3.63) is 88.4 Å². The Bertz CT molecular complexity index is 1350. The predicted molar refractivity (Wildman–Crippen MR) is 113 cm³/mol. The number of carbonyl (C=O) groups excluding carboxylic acids is 2. The molecule has 0 atom stereocenters. The molecule has 4 aromatic rings. The van der Waals surface area contributed by atoms with Gasteiger partial charge in [-0.15, -0.1) is 0 Å². The first-order chi connectivity index (χ1) is 15.2. The Kier molecular flexibility index (Phi) is 5.48. The molecule has 0 fully saturated rings. The molecule has 0 radical (unpaired) electrons. The lowest BCUT2D eigenvalue weighted by Crippen LogP contribution is -2.20. The van der Waals surface area contributed by atoms with Crippen molar-refractivity contribution in [3.8, 4) is 11.3 Å². The van der Waals surface area contributed by atoms with E-state index in [9.17, 15) is 22.8 Å². The van der Waals surface area contributed by atoms with Gasteiger partial charge in [0.25, 0.3) is 5.91 Å². The minimum absolute atomic E-state index is 0.317. The topological polar surface area (TPSA) is 61.2 Å². The van der Waals surface area contributed by atoms with Gasteiger partial charge >= 0.3 is 12.1 Å². The lowest BCUT2D eigenvalue weighted by Gasteiger charge is -2.13. The van der Waals surface area contributed by atoms with Crippen LogP contribution in [0.25, 0.3) is 22.2 Å². The molecule has 9 heteroatoms. The number of hydrogen-bond donors (Lipinski definition) is 0. The summed E-state index contributed by atoms with van der Waals surface area (Å²) in [6, 6.07) is 16.1. The second-order valence-electron chi connectivity index (χ2n) is 6.81. The van der Waals surface area contributed by atoms with Crippen LogP contribution in [0, 0.1) is 0 Å². The van der Waals surface area contributed by atoms with E-state index in [4.69, 9.17) is 11.6 Å². The van der Waals surface area contributed by atoms with Gasteiger partial charge in [0, 0.05) is 10.9 Å². The zero-order valence-corrected chi connectivity index (χ0v) is 17.2. The molecule has 0 unspecified atom stereocenters. The molecule has 0 saturated carbocycles. The van der Waals surface area contributed by atoms with Crippen LogP contribution >= 0.6 is 11.6 Å². The molecular formula is C23H14ClF3N2O3. The molecule has 5 nitrogen and oxygen atoms in total. The number of rotatable bonds is 3. The van der Waals surface area contributed by atoms with Crippen LogP contribution in [0.1, 0.15) is 26.3 Å². The van der Waals surface area contributed by atoms with Gasteiger partial charge in [-0.05, 0) is 30.3 Å². The van der Waals surface area contributed by atoms with Gasteiger partial charge in [-0.3, -0.25) is 4.79 Å². The number of benzene rings is 3. The van der Waals surface area contributed by atoms with Gasteiger partial charge in [0.15, 0.2) is 0 Å². The number of esters is 1. The summed E-state index contributed by atoms with van der Waals surface area (Å²) in [6.07, 6.45) is -4.77. The Morgan fingerprint density at radius 1 is 0.969 bits per heavy atom. The third-order valence-electron chi connectivity index (χ3n) is 4.89. The van der Waals surface area contributed by atoms with Crippen molar-refractivity contribution in [2.75, 3.05) is 7.11 Å². The molecule has 0 aliphatic rings. The van der Waals surface area contributed by atoms with Crippen molar-refractivity contribution in [1.29, 1.82) is 0 Å². The second-order valence-corrected chi connectivity index (χ2v) is 7.22. The first-order valence-corrected chi connectivity index (χ1v) is 9.67. The average Bonchev–Trinajstić information content (AvgIpc) is 3.17. The van der Waals surface area contributed by atoms with Crippen LogP contribution in [0.15, 0.2) is 66.7 Å². The quantitative estimate of drug-likeness (QED) is 0.361. The number of carbonyl (C=O) groups is 2. The van der Waals surface area contributed by atoms with E-state index in [1.54, 1.807) is 36.4 Å². The number of halogens is 4. The molecule has 3 aromatic carbocycles. The molecule has 162 valence electrons. The molecule has 32 heavy (non-hydrogen) atoms. The second kappa shape index (κ2) is 8.12. The molecular weight excluding hydrogens is 445 g/mol. The van der Waals surface area contributed by atoms with Crippen LogP contribution < -0.4 is 0 Å². The predicted octanol–water partition coefficient (Wildman–Crippen LogP) is 5.85. The van der Waals surface area contributed by atoms with E-state index in [-0.39, 0.29) is 5.02 Å². The summed E-state index contributed by atoms with van der Waals surface area (Å²) in [4.78, 5) is 24.9. The van der Waals surface area contributed by atoms with E-state index < -0.39 is 29.2 Å². The number of hydrogen-bond acceptors (Lipinski definition) is 4. The van der Waals surface area contributed by atoms with E-state index in [0.717, 1.165) is 16.8 Å². The zero-order chi connectivity index (χ0) is 23.0. The summed E-state index contributed by atoms with van der Waals surface area (Å²) in [5.74, 6) is -1.52. The van der Waals surface area contributed by atoms with Crippen LogP contribution in [0.3, 0.4) is 0 Å². The standard InChI is InChI=1S/C23H14ClF3N2O3/c1-32-22(31)14-11-9-13(10-12-14)20-15-5-2-3-8-18(15)29(28-20)21(30)19-16(23(25,26)27)6-4-7-17(19)24/h2-12H,1H3. The van der Waals surface area contributed by atoms with Gasteiger partial charge in [-0.1, -0.05) is 48.0 Å². The molecule has 0 amide bonds. The minimum atomic E-state index is -4.77. The lowest BCUT2D eigenvalue weighted by atomic mass is 10.1. The molecule has 0 bridgehead atoms. The third-order valence-corrected chi connectivity index (χ3v) is 5.21. The van der Waals surface area contributed by atoms with Gasteiger partial charge in [-0.2, -0.15) is 23.0 Å². The summed E-state index contributed by atoms with van der Waals surface area (Å²) >= 11 is 6.01. The summed E-state index contributed by atoms with van der Waals surface area (Å²) < 4.78 is 46.2. The van der Waals surface area contributed by atoms with E-state index in [1.165, 1.54) is 25.3 Å². The van der Waals surface area contributed by atoms with Gasteiger partial charge < -0.3 is 4.74 Å². The van der Waals surface area contributed by atoms with E-state index in [2.05, 4.69) is 9.84 Å². The molecule has 0 spiro atoms. The maximum absolute atomic E-state index is 13.5. The van der Waals surface area contributed by atoms with Crippen LogP contribution in [-0.2, 0) is 10.9 Å². The number of ether oxygens (including phenoxy) is 1. The van der Waals surface area contributed by atoms with Crippen molar-refractivity contribution >= 4 is 34.4 Å². The Hall–Kier alpha value is -3.65. The minimum Gasteiger partial charge on any atom is -0.465 e. The Labute approximate surface area is 185 Å². The van der Waals surface area contributed by atoms with Crippen molar-refractivity contribution < 1.29 is 27.5 Å². The molecule has 0 aliphatic heterocycles. The Morgan fingerprint density at radius 2 is 1.66 bits per heavy atom. The fourth-order valence-corrected chi connectivity index (χ4v) is 3.66. The highest BCUT2D eigenvalue weighted by Gasteiger charge is 2.37. The summed E-state index contributed by atoms with van der Waals surface area (Å²) in [5, 5.41) is 4.54. The lowest BCUT2D eigenvalue weighted by molar-refractivity contribution is -0.137. The smallest absolute Gasteiger partial charge is 0.417 e. The van der Waals surface area contributed by atoms with Gasteiger partial charge in [0.2, 0.25) is 0 Å². The fourth-order valence-electron chi connectivity index (χ4n) is 3.40. The third kappa shape index (κ3) is 3.73. The van der Waals surface area contributed by atoms with Crippen molar-refractivity contribution in [3.63, 3.8) is 0 Å². The van der Waals surface area contributed by atoms with E-state index in [0.29, 0.717) is 27.7 Å². The average molecular weight is 459 g/mol. The van der Waals surface area contributed by atoms with Gasteiger partial charge in [-0.25, -0.2) is 4.79 Å². The van der Waals surface area contributed by atoms with E-state index in [1.807, 2.05) is 0 Å². The monoisotopic (exact) mass is 458 g/mol. The number of aromatic nitrogens is 2. The van der Waals surface area contributed by atoms with Gasteiger partial charge in [0.05, 0.1) is 34.3 Å². The SMILES string of the molecule is COC(=O)c1ccc(-c2nn(C(=O)c3c(Cl)cccc3C(F)(F)F)c3ccccc23)cc1. The van der Waals surface area contributed by atoms with Crippen LogP contribution in [0.5, 0.6) is 0 Å². The first kappa shape index (κ1) is 21.6. The van der Waals surface area contributed by atoms with Crippen LogP contribution in [0.4, 0.5) is 13.2 Å². The largest absolute Gasteiger partial charge is 0.465 e. The summed E-state index contributed by atoms with van der Waals surface area (Å²) in [5.41, 5.74) is -0.248. The molecule has 0 saturated heterocycles. The number of fused-ring (bicyclic) bond motifs is 1. The fraction of sp³-hybridized carbons (Fsp3) is 0.0870. The Balaban J connectivity index is 1.88. The summed E-state index contributed by atoms with van der Waals surface area (Å²) in [6.45, 7) is 0. The Morgan fingerprint density at radius 3 is 2.31 bits per heavy atom. The van der Waals surface area contributed by atoms with Gasteiger partial charge in [0.1, 0.15) is 5.69 Å². The first-order valence-electron chi connectivity index (χ1n) is 9.29. The van der Waals surface area contributed by atoms with Crippen LogP contribution in [-0.4, -0.2) is 28.8 Å². The highest BCUT2D eigenvalue weighted by Crippen LogP contribution is 2.36. The molecule has 1 aromatic heterocycles. The molecule has 1 heterocycles. The van der Waals surface area contributed by atoms with Crippen LogP contribution in [0.2, 0.25) is 5.02 Å². The van der Waals surface area contributed by atoms with Crippen molar-refractivity contribution in [2.45, 2.75) is 6.18 Å². The maximum Gasteiger partial charge on any atom is 0.417 e.